The first-order valence-corrected chi connectivity index (χ1v) is 9.97. The molecule has 1 atom stereocenters. The Hall–Kier alpha value is -2.55. The normalized spacial score (nSPS) is 12.3. The van der Waals surface area contributed by atoms with Crippen molar-refractivity contribution >= 4 is 16.8 Å². The van der Waals surface area contributed by atoms with Gasteiger partial charge in [0, 0.05) is 43.0 Å². The number of benzene rings is 2. The summed E-state index contributed by atoms with van der Waals surface area (Å²) in [6, 6.07) is 17.0. The Morgan fingerprint density at radius 1 is 1.07 bits per heavy atom. The van der Waals surface area contributed by atoms with Gasteiger partial charge in [-0.25, -0.2) is 0 Å². The van der Waals surface area contributed by atoms with E-state index in [9.17, 15) is 4.79 Å². The molecule has 3 rings (SSSR count). The van der Waals surface area contributed by atoms with E-state index in [4.69, 9.17) is 0 Å². The highest BCUT2D eigenvalue weighted by atomic mass is 16.1. The first kappa shape index (κ1) is 19.2. The molecule has 0 radical (unpaired) electrons. The molecule has 0 bridgehead atoms. The standard InChI is InChI=1S/C24H30N2O/c1-4-5-8-15-25-24(27)16-21(19-13-11-18(2)12-14-19)22-17-26(3)23-10-7-6-9-20(22)23/h6-7,9-14,17,21H,4-5,8,15-16H2,1-3H3,(H,25,27). The van der Waals surface area contributed by atoms with E-state index < -0.39 is 0 Å². The van der Waals surface area contributed by atoms with Crippen molar-refractivity contribution in [2.24, 2.45) is 7.05 Å². The minimum Gasteiger partial charge on any atom is -0.356 e. The van der Waals surface area contributed by atoms with Crippen molar-refractivity contribution in [1.82, 2.24) is 9.88 Å². The maximum Gasteiger partial charge on any atom is 0.220 e. The molecule has 0 aliphatic heterocycles. The van der Waals surface area contributed by atoms with Crippen LogP contribution < -0.4 is 5.32 Å². The predicted molar refractivity (Wildman–Crippen MR) is 113 cm³/mol. The third-order valence-corrected chi connectivity index (χ3v) is 5.27. The molecule has 1 aromatic heterocycles. The maximum absolute atomic E-state index is 12.7. The molecule has 1 N–H and O–H groups in total. The highest BCUT2D eigenvalue weighted by Gasteiger charge is 2.22. The molecule has 1 heterocycles. The molecular formula is C24H30N2O. The Bertz CT molecular complexity index is 892. The van der Waals surface area contributed by atoms with Crippen LogP contribution in [0.25, 0.3) is 10.9 Å². The van der Waals surface area contributed by atoms with Crippen LogP contribution in [0.2, 0.25) is 0 Å². The van der Waals surface area contributed by atoms with E-state index in [1.165, 1.54) is 27.6 Å². The Labute approximate surface area is 162 Å². The second kappa shape index (κ2) is 8.90. The number of carbonyl (C=O) groups excluding carboxylic acids is 1. The second-order valence-electron chi connectivity index (χ2n) is 7.44. The SMILES string of the molecule is CCCCCNC(=O)CC(c1ccc(C)cc1)c1cn(C)c2ccccc12. The fourth-order valence-electron chi connectivity index (χ4n) is 3.72. The second-order valence-corrected chi connectivity index (χ2v) is 7.44. The molecule has 1 unspecified atom stereocenters. The van der Waals surface area contributed by atoms with Crippen LogP contribution in [0.3, 0.4) is 0 Å². The van der Waals surface area contributed by atoms with Gasteiger partial charge in [-0.3, -0.25) is 4.79 Å². The average Bonchev–Trinajstić information content (AvgIpc) is 3.01. The Morgan fingerprint density at radius 2 is 1.81 bits per heavy atom. The summed E-state index contributed by atoms with van der Waals surface area (Å²) in [6.45, 7) is 5.04. The van der Waals surface area contributed by atoms with Crippen molar-refractivity contribution in [3.05, 3.63) is 71.4 Å². The third-order valence-electron chi connectivity index (χ3n) is 5.27. The molecule has 0 saturated heterocycles. The molecular weight excluding hydrogens is 332 g/mol. The van der Waals surface area contributed by atoms with Gasteiger partial charge in [0.15, 0.2) is 0 Å². The van der Waals surface area contributed by atoms with Crippen molar-refractivity contribution in [2.75, 3.05) is 6.54 Å². The van der Waals surface area contributed by atoms with E-state index in [0.717, 1.165) is 25.8 Å². The number of rotatable bonds is 8. The number of para-hydroxylation sites is 1. The number of hydrogen-bond donors (Lipinski definition) is 1. The van der Waals surface area contributed by atoms with Crippen LogP contribution in [0, 0.1) is 6.92 Å². The molecule has 0 aliphatic carbocycles. The average molecular weight is 363 g/mol. The van der Waals surface area contributed by atoms with Crippen LogP contribution in [-0.4, -0.2) is 17.0 Å². The molecule has 0 fully saturated rings. The summed E-state index contributed by atoms with van der Waals surface area (Å²) in [7, 11) is 2.07. The van der Waals surface area contributed by atoms with Crippen molar-refractivity contribution in [3.8, 4) is 0 Å². The van der Waals surface area contributed by atoms with Crippen molar-refractivity contribution < 1.29 is 4.79 Å². The minimum atomic E-state index is 0.0582. The predicted octanol–water partition coefficient (Wildman–Crippen LogP) is 5.32. The third kappa shape index (κ3) is 4.60. The van der Waals surface area contributed by atoms with Gasteiger partial charge >= 0.3 is 0 Å². The highest BCUT2D eigenvalue weighted by molar-refractivity contribution is 5.86. The minimum absolute atomic E-state index is 0.0582. The Kier molecular flexibility index (Phi) is 6.33. The number of hydrogen-bond acceptors (Lipinski definition) is 1. The summed E-state index contributed by atoms with van der Waals surface area (Å²) in [5, 5.41) is 4.33. The van der Waals surface area contributed by atoms with E-state index in [1.54, 1.807) is 0 Å². The lowest BCUT2D eigenvalue weighted by Gasteiger charge is -2.17. The highest BCUT2D eigenvalue weighted by Crippen LogP contribution is 2.34. The van der Waals surface area contributed by atoms with Gasteiger partial charge in [0.1, 0.15) is 0 Å². The van der Waals surface area contributed by atoms with Gasteiger partial charge in [0.2, 0.25) is 5.91 Å². The molecule has 27 heavy (non-hydrogen) atoms. The van der Waals surface area contributed by atoms with E-state index in [-0.39, 0.29) is 11.8 Å². The first-order valence-electron chi connectivity index (χ1n) is 9.97. The Morgan fingerprint density at radius 3 is 2.56 bits per heavy atom. The van der Waals surface area contributed by atoms with Gasteiger partial charge in [-0.15, -0.1) is 0 Å². The molecule has 2 aromatic carbocycles. The van der Waals surface area contributed by atoms with Crippen LogP contribution in [0.15, 0.2) is 54.7 Å². The summed E-state index contributed by atoms with van der Waals surface area (Å²) in [6.07, 6.45) is 6.03. The lowest BCUT2D eigenvalue weighted by atomic mass is 9.87. The number of aryl methyl sites for hydroxylation is 2. The zero-order valence-corrected chi connectivity index (χ0v) is 16.7. The van der Waals surface area contributed by atoms with Crippen LogP contribution in [0.1, 0.15) is 55.2 Å². The number of unbranched alkanes of at least 4 members (excludes halogenated alkanes) is 2. The number of amides is 1. The van der Waals surface area contributed by atoms with Crippen LogP contribution >= 0.6 is 0 Å². The number of fused-ring (bicyclic) bond motifs is 1. The number of aromatic nitrogens is 1. The van der Waals surface area contributed by atoms with Crippen molar-refractivity contribution in [3.63, 3.8) is 0 Å². The molecule has 3 heteroatoms. The molecule has 3 aromatic rings. The van der Waals surface area contributed by atoms with Crippen LogP contribution in [-0.2, 0) is 11.8 Å². The van der Waals surface area contributed by atoms with Crippen LogP contribution in [0.5, 0.6) is 0 Å². The first-order chi connectivity index (χ1) is 13.1. The zero-order chi connectivity index (χ0) is 19.2. The van der Waals surface area contributed by atoms with Gasteiger partial charge in [-0.1, -0.05) is 67.8 Å². The number of carbonyl (C=O) groups is 1. The molecule has 0 saturated carbocycles. The quantitative estimate of drug-likeness (QED) is 0.541. The van der Waals surface area contributed by atoms with Gasteiger partial charge in [0.05, 0.1) is 0 Å². The molecule has 0 aliphatic rings. The number of nitrogens with one attached hydrogen (secondary N) is 1. The number of nitrogens with zero attached hydrogens (tertiary/aromatic N) is 1. The van der Waals surface area contributed by atoms with Gasteiger partial charge in [-0.05, 0) is 30.5 Å². The summed E-state index contributed by atoms with van der Waals surface area (Å²) in [5.74, 6) is 0.187. The monoisotopic (exact) mass is 362 g/mol. The fraction of sp³-hybridized carbons (Fsp3) is 0.375. The summed E-state index contributed by atoms with van der Waals surface area (Å²) in [4.78, 5) is 12.7. The van der Waals surface area contributed by atoms with E-state index >= 15 is 0 Å². The molecule has 0 spiro atoms. The topological polar surface area (TPSA) is 34.0 Å². The molecule has 1 amide bonds. The maximum atomic E-state index is 12.7. The summed E-state index contributed by atoms with van der Waals surface area (Å²) < 4.78 is 2.16. The van der Waals surface area contributed by atoms with Crippen molar-refractivity contribution in [1.29, 1.82) is 0 Å². The lowest BCUT2D eigenvalue weighted by Crippen LogP contribution is -2.26. The Balaban J connectivity index is 1.90. The van der Waals surface area contributed by atoms with Gasteiger partial charge in [0.25, 0.3) is 0 Å². The van der Waals surface area contributed by atoms with Gasteiger partial charge < -0.3 is 9.88 Å². The summed E-state index contributed by atoms with van der Waals surface area (Å²) >= 11 is 0. The smallest absolute Gasteiger partial charge is 0.220 e. The van der Waals surface area contributed by atoms with E-state index in [2.05, 4.69) is 85.5 Å². The van der Waals surface area contributed by atoms with Crippen molar-refractivity contribution in [2.45, 2.75) is 45.4 Å². The summed E-state index contributed by atoms with van der Waals surface area (Å²) in [5.41, 5.74) is 4.86. The lowest BCUT2D eigenvalue weighted by molar-refractivity contribution is -0.121. The largest absolute Gasteiger partial charge is 0.356 e. The van der Waals surface area contributed by atoms with E-state index in [0.29, 0.717) is 6.42 Å². The molecule has 142 valence electrons. The fourth-order valence-corrected chi connectivity index (χ4v) is 3.72. The van der Waals surface area contributed by atoms with Gasteiger partial charge in [-0.2, -0.15) is 0 Å². The zero-order valence-electron chi connectivity index (χ0n) is 16.7. The van der Waals surface area contributed by atoms with E-state index in [1.807, 2.05) is 0 Å². The van der Waals surface area contributed by atoms with Crippen LogP contribution in [0.4, 0.5) is 0 Å². The molecule has 3 nitrogen and oxygen atoms in total.